The van der Waals surface area contributed by atoms with Crippen LogP contribution in [-0.2, 0) is 9.53 Å². The van der Waals surface area contributed by atoms with Gasteiger partial charge in [-0.2, -0.15) is 15.8 Å². The smallest absolute Gasteiger partial charge is 0.330 e. The lowest BCUT2D eigenvalue weighted by Gasteiger charge is -2.34. The Morgan fingerprint density at radius 2 is 1.76 bits per heavy atom. The summed E-state index contributed by atoms with van der Waals surface area (Å²) in [5.41, 5.74) is -1.79. The largest absolute Gasteiger partial charge is 0.465 e. The van der Waals surface area contributed by atoms with Crippen molar-refractivity contribution in [1.29, 1.82) is 15.8 Å². The van der Waals surface area contributed by atoms with Crippen LogP contribution in [-0.4, -0.2) is 12.6 Å². The summed E-state index contributed by atoms with van der Waals surface area (Å²) in [5.74, 6) is -1.89. The Morgan fingerprint density at radius 3 is 2.19 bits per heavy atom. The fraction of sp³-hybridized carbons (Fsp3) is 0.500. The van der Waals surface area contributed by atoms with Crippen molar-refractivity contribution in [3.05, 3.63) is 23.3 Å². The van der Waals surface area contributed by atoms with Crippen molar-refractivity contribution in [3.8, 4) is 18.2 Å². The van der Waals surface area contributed by atoms with E-state index in [1.807, 2.05) is 32.1 Å². The molecule has 5 nitrogen and oxygen atoms in total. The van der Waals surface area contributed by atoms with Crippen molar-refractivity contribution in [2.24, 2.45) is 22.7 Å². The molecule has 1 unspecified atom stereocenters. The van der Waals surface area contributed by atoms with Crippen molar-refractivity contribution < 1.29 is 9.53 Å². The molecule has 0 aliphatic heterocycles. The Hall–Kier alpha value is -2.58. The number of hydrogen-bond acceptors (Lipinski definition) is 5. The molecule has 0 N–H and O–H groups in total. The highest BCUT2D eigenvalue weighted by atomic mass is 16.5. The lowest BCUT2D eigenvalue weighted by atomic mass is 9.60. The molecule has 0 amide bonds. The van der Waals surface area contributed by atoms with Gasteiger partial charge in [0.2, 0.25) is 0 Å². The van der Waals surface area contributed by atoms with E-state index >= 15 is 0 Å². The van der Waals surface area contributed by atoms with Gasteiger partial charge in [0.1, 0.15) is 0 Å². The van der Waals surface area contributed by atoms with Crippen LogP contribution in [0.5, 0.6) is 0 Å². The van der Waals surface area contributed by atoms with Gasteiger partial charge in [0.25, 0.3) is 0 Å². The molecule has 5 heteroatoms. The molecule has 2 rings (SSSR count). The third-order valence-corrected chi connectivity index (χ3v) is 4.42. The molecule has 0 radical (unpaired) electrons. The maximum Gasteiger partial charge on any atom is 0.330 e. The van der Waals surface area contributed by atoms with Gasteiger partial charge in [-0.15, -0.1) is 0 Å². The summed E-state index contributed by atoms with van der Waals surface area (Å²) >= 11 is 0. The van der Waals surface area contributed by atoms with E-state index in [2.05, 4.69) is 0 Å². The summed E-state index contributed by atoms with van der Waals surface area (Å²) in [6.45, 7) is 5.45. The molecule has 2 bridgehead atoms. The maximum absolute atomic E-state index is 12.5. The molecule has 0 aromatic heterocycles. The van der Waals surface area contributed by atoms with E-state index in [1.165, 1.54) is 0 Å². The summed E-state index contributed by atoms with van der Waals surface area (Å²) in [5, 5.41) is 29.0. The van der Waals surface area contributed by atoms with Crippen molar-refractivity contribution >= 4 is 5.97 Å². The molecule has 0 aromatic rings. The van der Waals surface area contributed by atoms with Crippen LogP contribution in [0.4, 0.5) is 0 Å². The number of esters is 1. The van der Waals surface area contributed by atoms with Gasteiger partial charge in [0.05, 0.1) is 24.8 Å². The van der Waals surface area contributed by atoms with E-state index in [0.29, 0.717) is 0 Å². The average Bonchev–Trinajstić information content (AvgIpc) is 3.00. The highest BCUT2D eigenvalue weighted by molar-refractivity contribution is 5.87. The number of ether oxygens (including phenoxy) is 1. The van der Waals surface area contributed by atoms with Crippen molar-refractivity contribution in [2.45, 2.75) is 20.8 Å². The number of carbonyl (C=O) groups is 1. The van der Waals surface area contributed by atoms with Gasteiger partial charge in [-0.1, -0.05) is 23.3 Å². The zero-order valence-electron chi connectivity index (χ0n) is 12.2. The van der Waals surface area contributed by atoms with Crippen LogP contribution >= 0.6 is 0 Å². The highest BCUT2D eigenvalue weighted by Gasteiger charge is 2.75. The van der Waals surface area contributed by atoms with E-state index in [4.69, 9.17) is 4.74 Å². The molecule has 0 heterocycles. The monoisotopic (exact) mass is 281 g/mol. The summed E-state index contributed by atoms with van der Waals surface area (Å²) in [6, 6.07) is 5.88. The molecule has 2 aliphatic carbocycles. The van der Waals surface area contributed by atoms with Crippen LogP contribution in [0.15, 0.2) is 23.3 Å². The lowest BCUT2D eigenvalue weighted by molar-refractivity contribution is -0.156. The molecule has 0 spiro atoms. The fourth-order valence-corrected chi connectivity index (χ4v) is 3.57. The number of fused-ring (bicyclic) bond motifs is 2. The normalized spacial score (nSPS) is 31.1. The first kappa shape index (κ1) is 14.8. The van der Waals surface area contributed by atoms with Gasteiger partial charge in [0.15, 0.2) is 10.8 Å². The number of hydrogen-bond donors (Lipinski definition) is 0. The fourth-order valence-electron chi connectivity index (χ4n) is 3.57. The van der Waals surface area contributed by atoms with Gasteiger partial charge in [-0.3, -0.25) is 4.79 Å². The molecule has 1 saturated carbocycles. The zero-order valence-corrected chi connectivity index (χ0v) is 12.2. The van der Waals surface area contributed by atoms with Crippen LogP contribution in [0.3, 0.4) is 0 Å². The lowest BCUT2D eigenvalue weighted by Crippen LogP contribution is -2.49. The van der Waals surface area contributed by atoms with E-state index in [-0.39, 0.29) is 6.61 Å². The predicted molar refractivity (Wildman–Crippen MR) is 72.8 cm³/mol. The van der Waals surface area contributed by atoms with Gasteiger partial charge in [0, 0.05) is 11.8 Å². The molecule has 0 saturated heterocycles. The quantitative estimate of drug-likeness (QED) is 0.571. The average molecular weight is 281 g/mol. The minimum absolute atomic E-state index is 0.0977. The van der Waals surface area contributed by atoms with Gasteiger partial charge in [-0.05, 0) is 20.8 Å². The third kappa shape index (κ3) is 1.45. The highest BCUT2D eigenvalue weighted by Crippen LogP contribution is 2.66. The van der Waals surface area contributed by atoms with Crippen LogP contribution in [0.25, 0.3) is 0 Å². The molecule has 0 aromatic carbocycles. The number of allylic oxidation sites excluding steroid dienone is 4. The van der Waals surface area contributed by atoms with Gasteiger partial charge < -0.3 is 4.74 Å². The first-order valence-electron chi connectivity index (χ1n) is 6.73. The number of carbonyl (C=O) groups excluding carboxylic acids is 1. The van der Waals surface area contributed by atoms with Gasteiger partial charge >= 0.3 is 5.97 Å². The Morgan fingerprint density at radius 1 is 1.19 bits per heavy atom. The Labute approximate surface area is 123 Å². The Balaban J connectivity index is 2.81. The van der Waals surface area contributed by atoms with Crippen LogP contribution in [0.2, 0.25) is 0 Å². The van der Waals surface area contributed by atoms with Gasteiger partial charge in [-0.25, -0.2) is 0 Å². The molecule has 2 aliphatic rings. The molecule has 106 valence electrons. The first-order valence-corrected chi connectivity index (χ1v) is 6.73. The molecule has 1 fully saturated rings. The minimum atomic E-state index is -1.79. The predicted octanol–water partition coefficient (Wildman–Crippen LogP) is 2.25. The Kier molecular flexibility index (Phi) is 3.36. The Bertz CT molecular complexity index is 666. The maximum atomic E-state index is 12.5. The second-order valence-corrected chi connectivity index (χ2v) is 5.47. The van der Waals surface area contributed by atoms with Crippen LogP contribution < -0.4 is 0 Å². The summed E-state index contributed by atoms with van der Waals surface area (Å²) < 4.78 is 5.04. The van der Waals surface area contributed by atoms with Crippen molar-refractivity contribution in [1.82, 2.24) is 0 Å². The first-order chi connectivity index (χ1) is 9.96. The van der Waals surface area contributed by atoms with Crippen molar-refractivity contribution in [2.75, 3.05) is 6.61 Å². The van der Waals surface area contributed by atoms with E-state index in [9.17, 15) is 20.6 Å². The van der Waals surface area contributed by atoms with E-state index in [1.54, 1.807) is 19.1 Å². The SMILES string of the molecule is CCOC(=O)C1(C#N)[C@H]2C=C[C@H](C2=C(C)C)C1(C#N)C#N. The standard InChI is InChI=1S/C16H15N3O2/c1-4-21-14(20)16(9-19)12-6-5-11(13(12)10(2)3)15(16,7-17)8-18/h5-6,11-12H,4H2,1-3H3/t11-,12+,16?/m1/s1. The molecule has 21 heavy (non-hydrogen) atoms. The van der Waals surface area contributed by atoms with E-state index < -0.39 is 28.6 Å². The molecular formula is C16H15N3O2. The summed E-state index contributed by atoms with van der Waals surface area (Å²) in [4.78, 5) is 12.5. The second-order valence-electron chi connectivity index (χ2n) is 5.47. The summed E-state index contributed by atoms with van der Waals surface area (Å²) in [6.07, 6.45) is 3.51. The topological polar surface area (TPSA) is 97.7 Å². The third-order valence-electron chi connectivity index (χ3n) is 4.42. The zero-order chi connectivity index (χ0) is 15.8. The summed E-state index contributed by atoms with van der Waals surface area (Å²) in [7, 11) is 0. The number of rotatable bonds is 2. The van der Waals surface area contributed by atoms with Crippen molar-refractivity contribution in [3.63, 3.8) is 0 Å². The second kappa shape index (κ2) is 4.76. The number of nitriles is 3. The molecule has 3 atom stereocenters. The van der Waals surface area contributed by atoms with E-state index in [0.717, 1.165) is 11.1 Å². The number of nitrogens with zero attached hydrogens (tertiary/aromatic N) is 3. The van der Waals surface area contributed by atoms with Crippen LogP contribution in [0.1, 0.15) is 20.8 Å². The molecular weight excluding hydrogens is 266 g/mol. The minimum Gasteiger partial charge on any atom is -0.465 e. The van der Waals surface area contributed by atoms with Crippen LogP contribution in [0, 0.1) is 56.7 Å².